The Morgan fingerprint density at radius 3 is 2.68 bits per heavy atom. The SMILES string of the molecule is COc1ccc(NC(=O)c2cc(C)sc2Br)c(O)c1. The second-order valence-electron chi connectivity index (χ2n) is 3.88. The Bertz CT molecular complexity index is 624. The number of phenols is 1. The smallest absolute Gasteiger partial charge is 0.257 e. The van der Waals surface area contributed by atoms with Crippen LogP contribution in [0.3, 0.4) is 0 Å². The molecule has 0 atom stereocenters. The van der Waals surface area contributed by atoms with Gasteiger partial charge in [-0.1, -0.05) is 0 Å². The molecule has 2 rings (SSSR count). The van der Waals surface area contributed by atoms with Crippen molar-refractivity contribution in [2.24, 2.45) is 0 Å². The average Bonchev–Trinajstić information content (AvgIpc) is 2.71. The van der Waals surface area contributed by atoms with Crippen LogP contribution in [-0.2, 0) is 0 Å². The van der Waals surface area contributed by atoms with Crippen LogP contribution in [0.5, 0.6) is 11.5 Å². The molecule has 0 aliphatic heterocycles. The fraction of sp³-hybridized carbons (Fsp3) is 0.154. The Labute approximate surface area is 123 Å². The summed E-state index contributed by atoms with van der Waals surface area (Å²) < 4.78 is 5.76. The van der Waals surface area contributed by atoms with Crippen molar-refractivity contribution in [3.8, 4) is 11.5 Å². The first-order valence-corrected chi connectivity index (χ1v) is 7.06. The lowest BCUT2D eigenvalue weighted by Crippen LogP contribution is -2.11. The van der Waals surface area contributed by atoms with Crippen molar-refractivity contribution in [1.82, 2.24) is 0 Å². The van der Waals surface area contributed by atoms with Gasteiger partial charge in [0.2, 0.25) is 0 Å². The van der Waals surface area contributed by atoms with Crippen LogP contribution in [0, 0.1) is 6.92 Å². The quantitative estimate of drug-likeness (QED) is 0.835. The number of ether oxygens (including phenoxy) is 1. The number of aromatic hydroxyl groups is 1. The lowest BCUT2D eigenvalue weighted by atomic mass is 10.2. The molecule has 4 nitrogen and oxygen atoms in total. The van der Waals surface area contributed by atoms with Gasteiger partial charge >= 0.3 is 0 Å². The number of hydrogen-bond donors (Lipinski definition) is 2. The van der Waals surface area contributed by atoms with Crippen molar-refractivity contribution < 1.29 is 14.6 Å². The molecule has 0 saturated carbocycles. The first-order chi connectivity index (χ1) is 9.01. The molecule has 19 heavy (non-hydrogen) atoms. The van der Waals surface area contributed by atoms with Gasteiger partial charge in [0.1, 0.15) is 11.5 Å². The topological polar surface area (TPSA) is 58.6 Å². The number of thiophene rings is 1. The number of carbonyl (C=O) groups excluding carboxylic acids is 1. The molecule has 0 aliphatic rings. The molecule has 0 saturated heterocycles. The first kappa shape index (κ1) is 13.9. The number of methoxy groups -OCH3 is 1. The Kier molecular flexibility index (Phi) is 4.11. The molecular formula is C13H12BrNO3S. The summed E-state index contributed by atoms with van der Waals surface area (Å²) in [5.41, 5.74) is 0.902. The van der Waals surface area contributed by atoms with Crippen molar-refractivity contribution >= 4 is 38.9 Å². The number of hydrogen-bond acceptors (Lipinski definition) is 4. The molecule has 6 heteroatoms. The molecule has 0 spiro atoms. The van der Waals surface area contributed by atoms with Crippen LogP contribution >= 0.6 is 27.3 Å². The maximum atomic E-state index is 12.1. The highest BCUT2D eigenvalue weighted by Crippen LogP contribution is 2.31. The van der Waals surface area contributed by atoms with Gasteiger partial charge in [0.05, 0.1) is 22.1 Å². The number of nitrogens with one attached hydrogen (secondary N) is 1. The minimum atomic E-state index is -0.267. The normalized spacial score (nSPS) is 10.3. The van der Waals surface area contributed by atoms with E-state index in [4.69, 9.17) is 4.74 Å². The number of phenolic OH excluding ortho intramolecular Hbond substituents is 1. The maximum Gasteiger partial charge on any atom is 0.257 e. The highest BCUT2D eigenvalue weighted by Gasteiger charge is 2.14. The van der Waals surface area contributed by atoms with Crippen molar-refractivity contribution in [2.75, 3.05) is 12.4 Å². The van der Waals surface area contributed by atoms with E-state index in [0.29, 0.717) is 17.0 Å². The third-order valence-corrected chi connectivity index (χ3v) is 4.26. The predicted octanol–water partition coefficient (Wildman–Crippen LogP) is 3.79. The Morgan fingerprint density at radius 2 is 2.16 bits per heavy atom. The summed E-state index contributed by atoms with van der Waals surface area (Å²) in [6.07, 6.45) is 0. The van der Waals surface area contributed by atoms with Gasteiger partial charge in [-0.3, -0.25) is 4.79 Å². The number of anilines is 1. The molecule has 0 bridgehead atoms. The van der Waals surface area contributed by atoms with E-state index in [1.807, 2.05) is 6.92 Å². The van der Waals surface area contributed by atoms with E-state index in [9.17, 15) is 9.90 Å². The van der Waals surface area contributed by atoms with E-state index in [-0.39, 0.29) is 11.7 Å². The summed E-state index contributed by atoms with van der Waals surface area (Å²) in [6, 6.07) is 6.51. The number of aryl methyl sites for hydroxylation is 1. The minimum absolute atomic E-state index is 0.0317. The molecule has 1 heterocycles. The molecule has 0 aliphatic carbocycles. The molecule has 1 amide bonds. The molecule has 0 radical (unpaired) electrons. The van der Waals surface area contributed by atoms with Gasteiger partial charge in [0.25, 0.3) is 5.91 Å². The highest BCUT2D eigenvalue weighted by atomic mass is 79.9. The largest absolute Gasteiger partial charge is 0.506 e. The van der Waals surface area contributed by atoms with E-state index in [1.165, 1.54) is 24.5 Å². The van der Waals surface area contributed by atoms with E-state index in [2.05, 4.69) is 21.2 Å². The molecule has 2 aromatic rings. The third-order valence-electron chi connectivity index (χ3n) is 2.51. The fourth-order valence-corrected chi connectivity index (χ4v) is 3.36. The molecule has 1 aromatic carbocycles. The van der Waals surface area contributed by atoms with Crippen LogP contribution in [0.4, 0.5) is 5.69 Å². The van der Waals surface area contributed by atoms with Gasteiger partial charge in [0.15, 0.2) is 0 Å². The van der Waals surface area contributed by atoms with Crippen LogP contribution in [0.2, 0.25) is 0 Å². The van der Waals surface area contributed by atoms with Gasteiger partial charge in [-0.05, 0) is 41.1 Å². The molecule has 0 unspecified atom stereocenters. The van der Waals surface area contributed by atoms with Gasteiger partial charge in [-0.2, -0.15) is 0 Å². The fourth-order valence-electron chi connectivity index (χ4n) is 1.57. The van der Waals surface area contributed by atoms with Crippen LogP contribution in [-0.4, -0.2) is 18.1 Å². The lowest BCUT2D eigenvalue weighted by molar-refractivity contribution is 0.102. The molecule has 2 N–H and O–H groups in total. The van der Waals surface area contributed by atoms with Crippen LogP contribution in [0.15, 0.2) is 28.1 Å². The summed E-state index contributed by atoms with van der Waals surface area (Å²) in [4.78, 5) is 13.1. The van der Waals surface area contributed by atoms with Crippen LogP contribution < -0.4 is 10.1 Å². The summed E-state index contributed by atoms with van der Waals surface area (Å²) in [5, 5.41) is 12.5. The Morgan fingerprint density at radius 1 is 1.42 bits per heavy atom. The zero-order valence-corrected chi connectivity index (χ0v) is 12.8. The van der Waals surface area contributed by atoms with Crippen molar-refractivity contribution in [3.05, 3.63) is 38.5 Å². The standard InChI is InChI=1S/C13H12BrNO3S/c1-7-5-9(12(14)19-7)13(17)15-10-4-3-8(18-2)6-11(10)16/h3-6,16H,1-2H3,(H,15,17). The molecule has 1 aromatic heterocycles. The number of rotatable bonds is 3. The van der Waals surface area contributed by atoms with Crippen LogP contribution in [0.25, 0.3) is 0 Å². The van der Waals surface area contributed by atoms with E-state index < -0.39 is 0 Å². The Hall–Kier alpha value is -1.53. The van der Waals surface area contributed by atoms with Crippen molar-refractivity contribution in [3.63, 3.8) is 0 Å². The zero-order valence-electron chi connectivity index (χ0n) is 10.4. The third kappa shape index (κ3) is 3.08. The predicted molar refractivity (Wildman–Crippen MR) is 79.4 cm³/mol. The summed E-state index contributed by atoms with van der Waals surface area (Å²) >= 11 is 4.84. The number of amides is 1. The monoisotopic (exact) mass is 341 g/mol. The lowest BCUT2D eigenvalue weighted by Gasteiger charge is -2.08. The Balaban J connectivity index is 2.22. The maximum absolute atomic E-state index is 12.1. The minimum Gasteiger partial charge on any atom is -0.506 e. The second-order valence-corrected chi connectivity index (χ2v) is 6.46. The van der Waals surface area contributed by atoms with Gasteiger partial charge < -0.3 is 15.2 Å². The van der Waals surface area contributed by atoms with Crippen LogP contribution in [0.1, 0.15) is 15.2 Å². The summed E-state index contributed by atoms with van der Waals surface area (Å²) in [7, 11) is 1.51. The van der Waals surface area contributed by atoms with E-state index in [1.54, 1.807) is 18.2 Å². The number of benzene rings is 1. The molecular weight excluding hydrogens is 330 g/mol. The number of carbonyl (C=O) groups is 1. The van der Waals surface area contributed by atoms with E-state index in [0.717, 1.165) is 8.66 Å². The zero-order chi connectivity index (χ0) is 14.0. The van der Waals surface area contributed by atoms with Gasteiger partial charge in [-0.15, -0.1) is 11.3 Å². The van der Waals surface area contributed by atoms with E-state index >= 15 is 0 Å². The van der Waals surface area contributed by atoms with Crippen molar-refractivity contribution in [1.29, 1.82) is 0 Å². The second kappa shape index (κ2) is 5.63. The van der Waals surface area contributed by atoms with Gasteiger partial charge in [-0.25, -0.2) is 0 Å². The average molecular weight is 342 g/mol. The number of halogens is 1. The van der Waals surface area contributed by atoms with Gasteiger partial charge in [0, 0.05) is 10.9 Å². The van der Waals surface area contributed by atoms with Crippen molar-refractivity contribution in [2.45, 2.75) is 6.92 Å². The summed E-state index contributed by atoms with van der Waals surface area (Å²) in [6.45, 7) is 1.93. The molecule has 0 fully saturated rings. The first-order valence-electron chi connectivity index (χ1n) is 5.45. The highest BCUT2D eigenvalue weighted by molar-refractivity contribution is 9.11. The summed E-state index contributed by atoms with van der Waals surface area (Å²) in [5.74, 6) is 0.232. The molecule has 100 valence electrons.